The molecule has 0 aliphatic carbocycles. The third kappa shape index (κ3) is 4.93. The molecule has 1 fully saturated rings. The number of nitrogens with zero attached hydrogens (tertiary/aromatic N) is 2. The van der Waals surface area contributed by atoms with E-state index < -0.39 is 23.8 Å². The highest BCUT2D eigenvalue weighted by molar-refractivity contribution is 5.80. The summed E-state index contributed by atoms with van der Waals surface area (Å²) in [7, 11) is 0. The van der Waals surface area contributed by atoms with Gasteiger partial charge in [0, 0.05) is 24.3 Å². The maximum absolute atomic E-state index is 12.6. The molecule has 0 unspecified atom stereocenters. The average Bonchev–Trinajstić information content (AvgIpc) is 2.68. The van der Waals surface area contributed by atoms with E-state index in [1.165, 1.54) is 12.3 Å². The van der Waals surface area contributed by atoms with Crippen molar-refractivity contribution in [3.8, 4) is 11.1 Å². The van der Waals surface area contributed by atoms with E-state index in [9.17, 15) is 27.9 Å². The molecule has 2 heterocycles. The number of alkyl halides is 3. The lowest BCUT2D eigenvalue weighted by atomic mass is 9.93. The van der Waals surface area contributed by atoms with Crippen molar-refractivity contribution in [2.24, 2.45) is 5.92 Å². The number of pyridine rings is 1. The molecular weight excluding hydrogens is 385 g/mol. The van der Waals surface area contributed by atoms with Gasteiger partial charge in [-0.2, -0.15) is 13.2 Å². The first-order valence-electron chi connectivity index (χ1n) is 9.30. The van der Waals surface area contributed by atoms with Crippen molar-refractivity contribution in [2.45, 2.75) is 38.4 Å². The zero-order valence-corrected chi connectivity index (χ0v) is 15.8. The van der Waals surface area contributed by atoms with Crippen molar-refractivity contribution < 1.29 is 27.9 Å². The number of hydrogen-bond acceptors (Lipinski definition) is 3. The van der Waals surface area contributed by atoms with Crippen LogP contribution in [0.3, 0.4) is 0 Å². The van der Waals surface area contributed by atoms with Crippen LogP contribution < -0.4 is 0 Å². The number of amides is 1. The van der Waals surface area contributed by atoms with Gasteiger partial charge in [0.1, 0.15) is 5.69 Å². The summed E-state index contributed by atoms with van der Waals surface area (Å²) in [5.41, 5.74) is 1.05. The second-order valence-corrected chi connectivity index (χ2v) is 7.31. The molecule has 2 aromatic rings. The number of hydrogen-bond donors (Lipinski definition) is 1. The molecule has 154 valence electrons. The van der Waals surface area contributed by atoms with Crippen molar-refractivity contribution in [1.82, 2.24) is 9.88 Å². The number of halogens is 3. The van der Waals surface area contributed by atoms with Gasteiger partial charge < -0.3 is 10.0 Å². The zero-order chi connectivity index (χ0) is 21.2. The molecule has 1 N–H and O–H groups in total. The fourth-order valence-corrected chi connectivity index (χ4v) is 3.48. The summed E-state index contributed by atoms with van der Waals surface area (Å²) < 4.78 is 37.8. The van der Waals surface area contributed by atoms with Gasteiger partial charge in [0.05, 0.1) is 12.3 Å². The van der Waals surface area contributed by atoms with Gasteiger partial charge in [-0.25, -0.2) is 0 Å². The van der Waals surface area contributed by atoms with Gasteiger partial charge in [-0.05, 0) is 37.0 Å². The molecule has 5 nitrogen and oxygen atoms in total. The van der Waals surface area contributed by atoms with Crippen LogP contribution in [0.4, 0.5) is 13.2 Å². The highest BCUT2D eigenvalue weighted by Gasteiger charge is 2.33. The van der Waals surface area contributed by atoms with Gasteiger partial charge in [0.2, 0.25) is 5.91 Å². The topological polar surface area (TPSA) is 70.5 Å². The molecule has 1 aliphatic heterocycles. The van der Waals surface area contributed by atoms with Crippen molar-refractivity contribution in [3.63, 3.8) is 0 Å². The first-order valence-corrected chi connectivity index (χ1v) is 9.30. The Morgan fingerprint density at radius 3 is 2.31 bits per heavy atom. The lowest BCUT2D eigenvalue weighted by Gasteiger charge is -2.36. The molecule has 3 rings (SSSR count). The summed E-state index contributed by atoms with van der Waals surface area (Å²) >= 11 is 0. The smallest absolute Gasteiger partial charge is 0.433 e. The maximum Gasteiger partial charge on any atom is 0.433 e. The lowest BCUT2D eigenvalue weighted by molar-refractivity contribution is -0.147. The van der Waals surface area contributed by atoms with Gasteiger partial charge in [0.25, 0.3) is 0 Å². The van der Waals surface area contributed by atoms with E-state index in [4.69, 9.17) is 0 Å². The molecule has 1 aromatic heterocycles. The Morgan fingerprint density at radius 1 is 1.10 bits per heavy atom. The van der Waals surface area contributed by atoms with Crippen LogP contribution in [0, 0.1) is 5.92 Å². The largest absolute Gasteiger partial charge is 0.481 e. The summed E-state index contributed by atoms with van der Waals surface area (Å²) in [4.78, 5) is 29.0. The van der Waals surface area contributed by atoms with Crippen LogP contribution in [0.15, 0.2) is 42.6 Å². The summed E-state index contributed by atoms with van der Waals surface area (Å²) in [5.74, 6) is -1.55. The zero-order valence-electron chi connectivity index (χ0n) is 15.8. The number of aromatic nitrogens is 1. The SMILES string of the molecule is C[C@H]1CC[C@@H](C(=O)O)CN1C(=O)Cc1ccc(-c2ccc(C(F)(F)F)nc2)cc1. The summed E-state index contributed by atoms with van der Waals surface area (Å²) in [6.45, 7) is 2.13. The minimum atomic E-state index is -4.48. The minimum absolute atomic E-state index is 0.00408. The van der Waals surface area contributed by atoms with Gasteiger partial charge in [-0.1, -0.05) is 30.3 Å². The second kappa shape index (κ2) is 8.23. The van der Waals surface area contributed by atoms with Crippen LogP contribution in [-0.2, 0) is 22.2 Å². The monoisotopic (exact) mass is 406 g/mol. The molecule has 1 amide bonds. The van der Waals surface area contributed by atoms with Crippen molar-refractivity contribution in [2.75, 3.05) is 6.54 Å². The minimum Gasteiger partial charge on any atom is -0.481 e. The molecule has 1 aliphatic rings. The normalized spacial score (nSPS) is 19.8. The van der Waals surface area contributed by atoms with E-state index in [1.54, 1.807) is 29.2 Å². The van der Waals surface area contributed by atoms with Gasteiger partial charge in [0.15, 0.2) is 0 Å². The lowest BCUT2D eigenvalue weighted by Crippen LogP contribution is -2.47. The van der Waals surface area contributed by atoms with Crippen molar-refractivity contribution >= 4 is 11.9 Å². The molecule has 0 spiro atoms. The van der Waals surface area contributed by atoms with Crippen LogP contribution >= 0.6 is 0 Å². The molecule has 1 aromatic carbocycles. The predicted molar refractivity (Wildman–Crippen MR) is 99.9 cm³/mol. The summed E-state index contributed by atoms with van der Waals surface area (Å²) in [6.07, 6.45) is -1.95. The number of piperidine rings is 1. The number of carboxylic acid groups (broad SMARTS) is 1. The molecule has 0 saturated carbocycles. The number of carboxylic acids is 1. The Balaban J connectivity index is 1.67. The van der Waals surface area contributed by atoms with Crippen LogP contribution in [0.1, 0.15) is 31.0 Å². The molecule has 29 heavy (non-hydrogen) atoms. The Kier molecular flexibility index (Phi) is 5.91. The molecular formula is C21H21F3N2O3. The number of carbonyl (C=O) groups is 2. The second-order valence-electron chi connectivity index (χ2n) is 7.31. The van der Waals surface area contributed by atoms with E-state index in [1.807, 2.05) is 6.92 Å². The molecule has 8 heteroatoms. The van der Waals surface area contributed by atoms with Crippen LogP contribution in [-0.4, -0.2) is 39.5 Å². The van der Waals surface area contributed by atoms with E-state index >= 15 is 0 Å². The number of aliphatic carboxylic acids is 1. The quantitative estimate of drug-likeness (QED) is 0.833. The molecule has 2 atom stereocenters. The summed E-state index contributed by atoms with van der Waals surface area (Å²) in [5, 5.41) is 9.21. The number of likely N-dealkylation sites (tertiary alicyclic amines) is 1. The van der Waals surface area contributed by atoms with E-state index in [-0.39, 0.29) is 24.9 Å². The Bertz CT molecular complexity index is 880. The Labute approximate surface area is 166 Å². The van der Waals surface area contributed by atoms with E-state index in [0.29, 0.717) is 24.0 Å². The highest BCUT2D eigenvalue weighted by atomic mass is 19.4. The van der Waals surface area contributed by atoms with Gasteiger partial charge in [-0.3, -0.25) is 14.6 Å². The van der Waals surface area contributed by atoms with E-state index in [0.717, 1.165) is 11.6 Å². The van der Waals surface area contributed by atoms with E-state index in [2.05, 4.69) is 4.98 Å². The standard InChI is InChI=1S/C21H21F3N2O3/c1-13-2-5-17(20(28)29)12-26(13)19(27)10-14-3-6-15(7-4-14)16-8-9-18(25-11-16)21(22,23)24/h3-4,6-9,11,13,17H,2,5,10,12H2,1H3,(H,28,29)/t13-,17+/m0/s1. The molecule has 1 saturated heterocycles. The summed E-state index contributed by atoms with van der Waals surface area (Å²) in [6, 6.07) is 9.23. The third-order valence-electron chi connectivity index (χ3n) is 5.25. The van der Waals surface area contributed by atoms with Gasteiger partial charge >= 0.3 is 12.1 Å². The number of carbonyl (C=O) groups excluding carboxylic acids is 1. The van der Waals surface area contributed by atoms with Crippen LogP contribution in [0.2, 0.25) is 0 Å². The van der Waals surface area contributed by atoms with Gasteiger partial charge in [-0.15, -0.1) is 0 Å². The number of rotatable bonds is 4. The highest BCUT2D eigenvalue weighted by Crippen LogP contribution is 2.29. The van der Waals surface area contributed by atoms with Crippen LogP contribution in [0.25, 0.3) is 11.1 Å². The third-order valence-corrected chi connectivity index (χ3v) is 5.25. The Morgan fingerprint density at radius 2 is 1.76 bits per heavy atom. The van der Waals surface area contributed by atoms with Crippen molar-refractivity contribution in [3.05, 3.63) is 53.9 Å². The van der Waals surface area contributed by atoms with Crippen LogP contribution in [0.5, 0.6) is 0 Å². The number of benzene rings is 1. The molecule has 0 bridgehead atoms. The fourth-order valence-electron chi connectivity index (χ4n) is 3.48. The fraction of sp³-hybridized carbons (Fsp3) is 0.381. The van der Waals surface area contributed by atoms with Crippen molar-refractivity contribution in [1.29, 1.82) is 0 Å². The predicted octanol–water partition coefficient (Wildman–Crippen LogP) is 4.02. The Hall–Kier alpha value is -2.90. The average molecular weight is 406 g/mol. The first-order chi connectivity index (χ1) is 13.6. The molecule has 0 radical (unpaired) electrons. The first kappa shape index (κ1) is 20.8. The maximum atomic E-state index is 12.6.